The van der Waals surface area contributed by atoms with Gasteiger partial charge >= 0.3 is 0 Å². The van der Waals surface area contributed by atoms with Crippen molar-refractivity contribution in [2.24, 2.45) is 5.73 Å². The Morgan fingerprint density at radius 1 is 1.26 bits per heavy atom. The average Bonchev–Trinajstić information content (AvgIpc) is 2.85. The van der Waals surface area contributed by atoms with E-state index in [0.29, 0.717) is 29.5 Å². The molecule has 3 heteroatoms. The highest BCUT2D eigenvalue weighted by Gasteiger charge is 2.21. The maximum absolute atomic E-state index is 12.3. The van der Waals surface area contributed by atoms with E-state index in [-0.39, 0.29) is 5.78 Å². The van der Waals surface area contributed by atoms with Crippen LogP contribution in [0.3, 0.4) is 0 Å². The van der Waals surface area contributed by atoms with Gasteiger partial charge in [-0.1, -0.05) is 24.6 Å². The molecule has 2 N–H and O–H groups in total. The summed E-state index contributed by atoms with van der Waals surface area (Å²) in [5, 5.41) is 0. The zero-order chi connectivity index (χ0) is 13.2. The highest BCUT2D eigenvalue weighted by atomic mass is 16.3. The minimum absolute atomic E-state index is 0.0686. The molecule has 1 saturated carbocycles. The summed E-state index contributed by atoms with van der Waals surface area (Å²) >= 11 is 0. The molecule has 1 aromatic heterocycles. The van der Waals surface area contributed by atoms with E-state index in [4.69, 9.17) is 10.2 Å². The number of nitrogens with two attached hydrogens (primary N) is 1. The van der Waals surface area contributed by atoms with E-state index in [2.05, 4.69) is 6.07 Å². The predicted molar refractivity (Wildman–Crippen MR) is 73.1 cm³/mol. The van der Waals surface area contributed by atoms with Crippen LogP contribution in [-0.2, 0) is 6.54 Å². The Balaban J connectivity index is 1.86. The summed E-state index contributed by atoms with van der Waals surface area (Å²) in [6, 6.07) is 11.3. The molecule has 0 spiro atoms. The number of rotatable bonds is 4. The van der Waals surface area contributed by atoms with E-state index < -0.39 is 0 Å². The lowest BCUT2D eigenvalue weighted by Crippen LogP contribution is -2.10. The average molecular weight is 255 g/mol. The van der Waals surface area contributed by atoms with Gasteiger partial charge in [0, 0.05) is 5.56 Å². The summed E-state index contributed by atoms with van der Waals surface area (Å²) in [5.41, 5.74) is 7.45. The number of benzene rings is 1. The van der Waals surface area contributed by atoms with Gasteiger partial charge in [-0.05, 0) is 42.5 Å². The summed E-state index contributed by atoms with van der Waals surface area (Å²) in [6.45, 7) is 0.315. The molecule has 1 aromatic carbocycles. The third-order valence-corrected chi connectivity index (χ3v) is 3.81. The molecular weight excluding hydrogens is 238 g/mol. The Labute approximate surface area is 112 Å². The first-order chi connectivity index (χ1) is 9.28. The summed E-state index contributed by atoms with van der Waals surface area (Å²) in [7, 11) is 0. The van der Waals surface area contributed by atoms with E-state index in [9.17, 15) is 4.79 Å². The molecule has 1 heterocycles. The van der Waals surface area contributed by atoms with Gasteiger partial charge in [-0.2, -0.15) is 0 Å². The van der Waals surface area contributed by atoms with Crippen LogP contribution in [0.25, 0.3) is 0 Å². The van der Waals surface area contributed by atoms with Crippen molar-refractivity contribution in [1.29, 1.82) is 0 Å². The number of hydrogen-bond acceptors (Lipinski definition) is 3. The number of carbonyl (C=O) groups is 1. The third-order valence-electron chi connectivity index (χ3n) is 3.81. The number of hydrogen-bond donors (Lipinski definition) is 1. The number of ketones is 1. The quantitative estimate of drug-likeness (QED) is 0.853. The van der Waals surface area contributed by atoms with E-state index in [1.54, 1.807) is 12.1 Å². The molecule has 0 bridgehead atoms. The van der Waals surface area contributed by atoms with E-state index in [0.717, 1.165) is 0 Å². The monoisotopic (exact) mass is 255 g/mol. The standard InChI is InChI=1S/C16H17NO2/c17-10-14-7-8-15(19-14)16(18)13-6-2-5-12(9-13)11-3-1-4-11/h2,5-9,11H,1,3-4,10,17H2. The van der Waals surface area contributed by atoms with Crippen LogP contribution in [0.15, 0.2) is 40.8 Å². The van der Waals surface area contributed by atoms with Gasteiger partial charge in [0.05, 0.1) is 6.54 Å². The van der Waals surface area contributed by atoms with Crippen LogP contribution in [0.1, 0.15) is 52.6 Å². The van der Waals surface area contributed by atoms with Gasteiger partial charge < -0.3 is 10.2 Å². The first-order valence-electron chi connectivity index (χ1n) is 6.71. The summed E-state index contributed by atoms with van der Waals surface area (Å²) < 4.78 is 5.42. The second kappa shape index (κ2) is 5.02. The van der Waals surface area contributed by atoms with Gasteiger partial charge in [0.15, 0.2) is 5.76 Å². The van der Waals surface area contributed by atoms with Gasteiger partial charge in [-0.25, -0.2) is 0 Å². The molecule has 19 heavy (non-hydrogen) atoms. The van der Waals surface area contributed by atoms with E-state index in [1.807, 2.05) is 18.2 Å². The molecule has 0 saturated heterocycles. The Kier molecular flexibility index (Phi) is 3.22. The molecule has 1 fully saturated rings. The molecule has 0 aliphatic heterocycles. The molecule has 1 aliphatic carbocycles. The zero-order valence-corrected chi connectivity index (χ0v) is 10.8. The van der Waals surface area contributed by atoms with Crippen LogP contribution in [0.5, 0.6) is 0 Å². The Hall–Kier alpha value is -1.87. The first kappa shape index (κ1) is 12.2. The van der Waals surface area contributed by atoms with Crippen LogP contribution < -0.4 is 5.73 Å². The molecule has 0 unspecified atom stereocenters. The van der Waals surface area contributed by atoms with Crippen LogP contribution in [0, 0.1) is 0 Å². The second-order valence-corrected chi connectivity index (χ2v) is 5.05. The first-order valence-corrected chi connectivity index (χ1v) is 6.71. The van der Waals surface area contributed by atoms with Crippen LogP contribution in [0.4, 0.5) is 0 Å². The molecular formula is C16H17NO2. The molecule has 0 amide bonds. The lowest BCUT2D eigenvalue weighted by atomic mass is 9.79. The largest absolute Gasteiger partial charge is 0.456 e. The molecule has 2 aromatic rings. The van der Waals surface area contributed by atoms with Gasteiger partial charge in [0.1, 0.15) is 5.76 Å². The molecule has 3 rings (SSSR count). The summed E-state index contributed by atoms with van der Waals surface area (Å²) in [6.07, 6.45) is 3.76. The SMILES string of the molecule is NCc1ccc(C(=O)c2cccc(C3CCC3)c2)o1. The number of carbonyl (C=O) groups excluding carboxylic acids is 1. The van der Waals surface area contributed by atoms with Gasteiger partial charge in [-0.3, -0.25) is 4.79 Å². The minimum atomic E-state index is -0.0686. The summed E-state index contributed by atoms with van der Waals surface area (Å²) in [4.78, 5) is 12.3. The fraction of sp³-hybridized carbons (Fsp3) is 0.312. The van der Waals surface area contributed by atoms with Crippen LogP contribution in [-0.4, -0.2) is 5.78 Å². The van der Waals surface area contributed by atoms with Crippen molar-refractivity contribution >= 4 is 5.78 Å². The fourth-order valence-electron chi connectivity index (χ4n) is 2.43. The Morgan fingerprint density at radius 2 is 2.11 bits per heavy atom. The minimum Gasteiger partial charge on any atom is -0.456 e. The summed E-state index contributed by atoms with van der Waals surface area (Å²) in [5.74, 6) is 1.56. The molecule has 0 radical (unpaired) electrons. The lowest BCUT2D eigenvalue weighted by Gasteiger charge is -2.25. The van der Waals surface area contributed by atoms with Crippen molar-refractivity contribution in [2.45, 2.75) is 31.7 Å². The zero-order valence-electron chi connectivity index (χ0n) is 10.8. The van der Waals surface area contributed by atoms with Gasteiger partial charge in [0.2, 0.25) is 5.78 Å². The number of furan rings is 1. The molecule has 3 nitrogen and oxygen atoms in total. The maximum atomic E-state index is 12.3. The molecule has 0 atom stereocenters. The molecule has 1 aliphatic rings. The normalized spacial score (nSPS) is 15.2. The topological polar surface area (TPSA) is 56.2 Å². The fourth-order valence-corrected chi connectivity index (χ4v) is 2.43. The Morgan fingerprint density at radius 3 is 2.74 bits per heavy atom. The van der Waals surface area contributed by atoms with Crippen molar-refractivity contribution in [2.75, 3.05) is 0 Å². The van der Waals surface area contributed by atoms with Crippen molar-refractivity contribution in [3.05, 3.63) is 59.0 Å². The lowest BCUT2D eigenvalue weighted by molar-refractivity contribution is 0.101. The molecule has 98 valence electrons. The van der Waals surface area contributed by atoms with E-state index >= 15 is 0 Å². The highest BCUT2D eigenvalue weighted by molar-refractivity contribution is 6.07. The maximum Gasteiger partial charge on any atom is 0.228 e. The van der Waals surface area contributed by atoms with Crippen molar-refractivity contribution in [3.63, 3.8) is 0 Å². The van der Waals surface area contributed by atoms with Crippen molar-refractivity contribution in [3.8, 4) is 0 Å². The smallest absolute Gasteiger partial charge is 0.228 e. The van der Waals surface area contributed by atoms with Gasteiger partial charge in [0.25, 0.3) is 0 Å². The Bertz CT molecular complexity index is 596. The highest BCUT2D eigenvalue weighted by Crippen LogP contribution is 2.36. The van der Waals surface area contributed by atoms with Crippen LogP contribution in [0.2, 0.25) is 0 Å². The van der Waals surface area contributed by atoms with Gasteiger partial charge in [-0.15, -0.1) is 0 Å². The predicted octanol–water partition coefficient (Wildman–Crippen LogP) is 3.24. The van der Waals surface area contributed by atoms with Crippen molar-refractivity contribution < 1.29 is 9.21 Å². The van der Waals surface area contributed by atoms with Crippen LogP contribution >= 0.6 is 0 Å². The van der Waals surface area contributed by atoms with E-state index in [1.165, 1.54) is 24.8 Å². The second-order valence-electron chi connectivity index (χ2n) is 5.05. The van der Waals surface area contributed by atoms with Crippen molar-refractivity contribution in [1.82, 2.24) is 0 Å². The third kappa shape index (κ3) is 2.34.